The highest BCUT2D eigenvalue weighted by Crippen LogP contribution is 2.17. The highest BCUT2D eigenvalue weighted by atomic mass is 32.2. The predicted molar refractivity (Wildman–Crippen MR) is 62.2 cm³/mol. The molecule has 1 aromatic rings. The first-order valence-electron chi connectivity index (χ1n) is 4.94. The van der Waals surface area contributed by atoms with Gasteiger partial charge in [-0.1, -0.05) is 0 Å². The van der Waals surface area contributed by atoms with E-state index >= 15 is 0 Å². The topological polar surface area (TPSA) is 49.3 Å². The van der Waals surface area contributed by atoms with Crippen molar-refractivity contribution < 1.29 is 14.3 Å². The fraction of sp³-hybridized carbons (Fsp3) is 0.364. The Kier molecular flexibility index (Phi) is 5.28. The average Bonchev–Trinajstić information content (AvgIpc) is 2.26. The van der Waals surface area contributed by atoms with Gasteiger partial charge in [-0.15, -0.1) is 11.8 Å². The van der Waals surface area contributed by atoms with Crippen molar-refractivity contribution in [2.75, 3.05) is 12.3 Å². The quantitative estimate of drug-likeness (QED) is 0.592. The van der Waals surface area contributed by atoms with Crippen LogP contribution in [0.5, 0.6) is 0 Å². The summed E-state index contributed by atoms with van der Waals surface area (Å²) in [6.45, 7) is 2.21. The third-order valence-electron chi connectivity index (χ3n) is 2.01. The van der Waals surface area contributed by atoms with E-state index in [1.165, 1.54) is 12.1 Å². The molecule has 88 valence electrons. The lowest BCUT2D eigenvalue weighted by molar-refractivity contribution is -0.138. The maximum atomic E-state index is 12.6. The van der Waals surface area contributed by atoms with Crippen LogP contribution < -0.4 is 5.32 Å². The average molecular weight is 243 g/mol. The number of aliphatic carboxylic acids is 1. The predicted octanol–water partition coefficient (Wildman–Crippen LogP) is 1.98. The van der Waals surface area contributed by atoms with Crippen molar-refractivity contribution in [2.24, 2.45) is 0 Å². The minimum absolute atomic E-state index is 0.248. The fourth-order valence-corrected chi connectivity index (χ4v) is 1.85. The molecule has 0 bridgehead atoms. The van der Waals surface area contributed by atoms with Crippen molar-refractivity contribution in [1.29, 1.82) is 0 Å². The molecule has 0 aliphatic rings. The number of carboxylic acid groups (broad SMARTS) is 1. The number of carboxylic acids is 1. The number of benzene rings is 1. The van der Waals surface area contributed by atoms with Gasteiger partial charge in [-0.3, -0.25) is 4.79 Å². The third-order valence-corrected chi connectivity index (χ3v) is 3.02. The Balaban J connectivity index is 2.21. The molecule has 0 radical (unpaired) electrons. The van der Waals surface area contributed by atoms with Gasteiger partial charge in [0.05, 0.1) is 0 Å². The Morgan fingerprint density at radius 3 is 2.69 bits per heavy atom. The molecule has 0 amide bonds. The Labute approximate surface area is 98.1 Å². The van der Waals surface area contributed by atoms with Gasteiger partial charge in [0.1, 0.15) is 11.9 Å². The Hall–Kier alpha value is -1.07. The lowest BCUT2D eigenvalue weighted by Crippen LogP contribution is -2.35. The van der Waals surface area contributed by atoms with Crippen molar-refractivity contribution in [3.05, 3.63) is 30.1 Å². The largest absolute Gasteiger partial charge is 0.480 e. The molecule has 0 heterocycles. The summed E-state index contributed by atoms with van der Waals surface area (Å²) in [6, 6.07) is 5.71. The number of hydrogen-bond donors (Lipinski definition) is 2. The maximum absolute atomic E-state index is 12.6. The van der Waals surface area contributed by atoms with Crippen LogP contribution in [0.15, 0.2) is 29.2 Å². The molecule has 3 nitrogen and oxygen atoms in total. The standard InChI is InChI=1S/C11H14FNO2S/c1-8(11(14)15)13-6-7-16-10-4-2-9(12)3-5-10/h2-5,8,13H,6-7H2,1H3,(H,14,15)/t8-/m1/s1. The van der Waals surface area contributed by atoms with Gasteiger partial charge >= 0.3 is 5.97 Å². The number of halogens is 1. The van der Waals surface area contributed by atoms with Crippen molar-refractivity contribution in [3.63, 3.8) is 0 Å². The maximum Gasteiger partial charge on any atom is 0.320 e. The van der Waals surface area contributed by atoms with Gasteiger partial charge in [0.2, 0.25) is 0 Å². The van der Waals surface area contributed by atoms with Crippen molar-refractivity contribution in [3.8, 4) is 0 Å². The summed E-state index contributed by atoms with van der Waals surface area (Å²) in [5, 5.41) is 11.5. The second-order valence-corrected chi connectivity index (χ2v) is 4.48. The zero-order chi connectivity index (χ0) is 12.0. The van der Waals surface area contributed by atoms with Crippen LogP contribution in [0.1, 0.15) is 6.92 Å². The second-order valence-electron chi connectivity index (χ2n) is 3.32. The van der Waals surface area contributed by atoms with E-state index in [4.69, 9.17) is 5.11 Å². The van der Waals surface area contributed by atoms with E-state index in [1.807, 2.05) is 0 Å². The first-order valence-corrected chi connectivity index (χ1v) is 5.92. The van der Waals surface area contributed by atoms with Crippen molar-refractivity contribution in [1.82, 2.24) is 5.32 Å². The molecule has 2 N–H and O–H groups in total. The van der Waals surface area contributed by atoms with Gasteiger partial charge in [0.15, 0.2) is 0 Å². The van der Waals surface area contributed by atoms with Crippen LogP contribution in [0.25, 0.3) is 0 Å². The molecular formula is C11H14FNO2S. The molecule has 0 aromatic heterocycles. The first-order chi connectivity index (χ1) is 7.59. The molecule has 5 heteroatoms. The van der Waals surface area contributed by atoms with Gasteiger partial charge < -0.3 is 10.4 Å². The van der Waals surface area contributed by atoms with E-state index in [0.717, 1.165) is 10.6 Å². The number of carbonyl (C=O) groups is 1. The molecule has 0 aliphatic carbocycles. The summed E-state index contributed by atoms with van der Waals surface area (Å²) >= 11 is 1.56. The summed E-state index contributed by atoms with van der Waals surface area (Å²) in [7, 11) is 0. The third kappa shape index (κ3) is 4.63. The zero-order valence-electron chi connectivity index (χ0n) is 8.94. The Morgan fingerprint density at radius 1 is 1.50 bits per heavy atom. The minimum Gasteiger partial charge on any atom is -0.480 e. The second kappa shape index (κ2) is 6.50. The van der Waals surface area contributed by atoms with E-state index in [1.54, 1.807) is 30.8 Å². The molecule has 0 aliphatic heterocycles. The van der Waals surface area contributed by atoms with Crippen LogP contribution >= 0.6 is 11.8 Å². The SMILES string of the molecule is C[C@@H](NCCSc1ccc(F)cc1)C(=O)O. The summed E-state index contributed by atoms with van der Waals surface area (Å²) in [5.41, 5.74) is 0. The summed E-state index contributed by atoms with van der Waals surface area (Å²) in [5.74, 6) is -0.350. The summed E-state index contributed by atoms with van der Waals surface area (Å²) < 4.78 is 12.6. The summed E-state index contributed by atoms with van der Waals surface area (Å²) in [6.07, 6.45) is 0. The highest BCUT2D eigenvalue weighted by Gasteiger charge is 2.08. The van der Waals surface area contributed by atoms with Crippen LogP contribution in [0, 0.1) is 5.82 Å². The lowest BCUT2D eigenvalue weighted by Gasteiger charge is -2.08. The summed E-state index contributed by atoms with van der Waals surface area (Å²) in [4.78, 5) is 11.5. The number of nitrogens with one attached hydrogen (secondary N) is 1. The highest BCUT2D eigenvalue weighted by molar-refractivity contribution is 7.99. The van der Waals surface area contributed by atoms with Crippen LogP contribution in [-0.2, 0) is 4.79 Å². The molecule has 0 spiro atoms. The minimum atomic E-state index is -0.855. The van der Waals surface area contributed by atoms with Gasteiger partial charge in [0, 0.05) is 17.2 Å². The molecule has 0 fully saturated rings. The molecule has 0 saturated carbocycles. The number of hydrogen-bond acceptors (Lipinski definition) is 3. The van der Waals surface area contributed by atoms with Crippen molar-refractivity contribution >= 4 is 17.7 Å². The van der Waals surface area contributed by atoms with Crippen LogP contribution in [0.3, 0.4) is 0 Å². The Bertz CT molecular complexity index is 342. The smallest absolute Gasteiger partial charge is 0.320 e. The molecule has 1 atom stereocenters. The van der Waals surface area contributed by atoms with E-state index < -0.39 is 12.0 Å². The molecule has 0 unspecified atom stereocenters. The van der Waals surface area contributed by atoms with Gasteiger partial charge in [-0.05, 0) is 31.2 Å². The molecule has 1 aromatic carbocycles. The van der Waals surface area contributed by atoms with E-state index in [-0.39, 0.29) is 5.82 Å². The molecule has 1 rings (SSSR count). The van der Waals surface area contributed by atoms with Gasteiger partial charge in [-0.2, -0.15) is 0 Å². The fourth-order valence-electron chi connectivity index (χ4n) is 1.06. The Morgan fingerprint density at radius 2 is 2.12 bits per heavy atom. The van der Waals surface area contributed by atoms with Crippen LogP contribution in [-0.4, -0.2) is 29.4 Å². The van der Waals surface area contributed by atoms with E-state index in [9.17, 15) is 9.18 Å². The van der Waals surface area contributed by atoms with Crippen molar-refractivity contribution in [2.45, 2.75) is 17.9 Å². The zero-order valence-corrected chi connectivity index (χ0v) is 9.76. The van der Waals surface area contributed by atoms with Gasteiger partial charge in [-0.25, -0.2) is 4.39 Å². The molecular weight excluding hydrogens is 229 g/mol. The number of thioether (sulfide) groups is 1. The first kappa shape index (κ1) is 13.0. The van der Waals surface area contributed by atoms with Crippen LogP contribution in [0.4, 0.5) is 4.39 Å². The van der Waals surface area contributed by atoms with E-state index in [2.05, 4.69) is 5.32 Å². The lowest BCUT2D eigenvalue weighted by atomic mass is 10.3. The molecule has 16 heavy (non-hydrogen) atoms. The van der Waals surface area contributed by atoms with Crippen LogP contribution in [0.2, 0.25) is 0 Å². The number of rotatable bonds is 6. The molecule has 0 saturated heterocycles. The monoisotopic (exact) mass is 243 g/mol. The van der Waals surface area contributed by atoms with Gasteiger partial charge in [0.25, 0.3) is 0 Å². The van der Waals surface area contributed by atoms with E-state index in [0.29, 0.717) is 6.54 Å². The normalized spacial score (nSPS) is 12.4.